The highest BCUT2D eigenvalue weighted by molar-refractivity contribution is 5.82. The molecule has 4 heteroatoms. The molecule has 1 aliphatic rings. The lowest BCUT2D eigenvalue weighted by Crippen LogP contribution is -2.52. The predicted octanol–water partition coefficient (Wildman–Crippen LogP) is 1.44. The molecule has 0 unspecified atom stereocenters. The molecule has 0 radical (unpaired) electrons. The molecule has 1 heterocycles. The maximum absolute atomic E-state index is 11.3. The second-order valence-electron chi connectivity index (χ2n) is 3.68. The van der Waals surface area contributed by atoms with E-state index in [-0.39, 0.29) is 17.8 Å². The van der Waals surface area contributed by atoms with Crippen LogP contribution in [0.3, 0.4) is 0 Å². The number of hydrogen-bond acceptors (Lipinski definition) is 3. The molecule has 0 bridgehead atoms. The van der Waals surface area contributed by atoms with E-state index in [1.807, 2.05) is 6.92 Å². The highest BCUT2D eigenvalue weighted by Gasteiger charge is 2.34. The summed E-state index contributed by atoms with van der Waals surface area (Å²) in [5, 5.41) is 0. The van der Waals surface area contributed by atoms with Gasteiger partial charge in [-0.1, -0.05) is 13.3 Å². The summed E-state index contributed by atoms with van der Waals surface area (Å²) in [4.78, 5) is 23.7. The summed E-state index contributed by atoms with van der Waals surface area (Å²) in [5.74, 6) is 0.191. The molecule has 4 nitrogen and oxygen atoms in total. The zero-order chi connectivity index (χ0) is 10.6. The van der Waals surface area contributed by atoms with Gasteiger partial charge in [0.1, 0.15) is 5.78 Å². The summed E-state index contributed by atoms with van der Waals surface area (Å²) in [5.41, 5.74) is 0. The Hall–Kier alpha value is -1.06. The van der Waals surface area contributed by atoms with Gasteiger partial charge in [-0.25, -0.2) is 4.79 Å². The van der Waals surface area contributed by atoms with Crippen LogP contribution in [0.4, 0.5) is 4.79 Å². The molecule has 80 valence electrons. The number of carbonyl (C=O) groups excluding carboxylic acids is 2. The average Bonchev–Trinajstić information content (AvgIpc) is 2.01. The third-order valence-corrected chi connectivity index (χ3v) is 2.44. The molecule has 0 aromatic rings. The van der Waals surface area contributed by atoms with Crippen LogP contribution in [0.15, 0.2) is 0 Å². The minimum Gasteiger partial charge on any atom is -0.449 e. The van der Waals surface area contributed by atoms with Crippen LogP contribution in [0.2, 0.25) is 0 Å². The van der Waals surface area contributed by atoms with Gasteiger partial charge in [-0.15, -0.1) is 0 Å². The predicted molar refractivity (Wildman–Crippen MR) is 52.0 cm³/mol. The molecule has 1 fully saturated rings. The van der Waals surface area contributed by atoms with Crippen molar-refractivity contribution in [2.24, 2.45) is 5.92 Å². The van der Waals surface area contributed by atoms with E-state index in [0.717, 1.165) is 12.8 Å². The summed E-state index contributed by atoms with van der Waals surface area (Å²) in [7, 11) is 0. The third kappa shape index (κ3) is 2.72. The summed E-state index contributed by atoms with van der Waals surface area (Å²) >= 11 is 0. The quantitative estimate of drug-likeness (QED) is 0.644. The molecule has 1 amide bonds. The van der Waals surface area contributed by atoms with Gasteiger partial charge in [0.2, 0.25) is 0 Å². The van der Waals surface area contributed by atoms with Gasteiger partial charge in [0.25, 0.3) is 0 Å². The summed E-state index contributed by atoms with van der Waals surface area (Å²) < 4.78 is 4.99. The minimum atomic E-state index is -0.282. The fourth-order valence-electron chi connectivity index (χ4n) is 1.28. The van der Waals surface area contributed by atoms with Crippen LogP contribution >= 0.6 is 0 Å². The van der Waals surface area contributed by atoms with E-state index in [2.05, 4.69) is 0 Å². The van der Waals surface area contributed by atoms with Crippen LogP contribution in [0, 0.1) is 5.92 Å². The zero-order valence-corrected chi connectivity index (χ0v) is 8.78. The maximum atomic E-state index is 11.3. The molecule has 0 saturated carbocycles. The molecule has 0 N–H and O–H groups in total. The van der Waals surface area contributed by atoms with Crippen molar-refractivity contribution in [3.8, 4) is 0 Å². The summed E-state index contributed by atoms with van der Waals surface area (Å²) in [6, 6.07) is 0. The second-order valence-corrected chi connectivity index (χ2v) is 3.68. The molecule has 0 aromatic heterocycles. The van der Waals surface area contributed by atoms with Gasteiger partial charge < -0.3 is 9.64 Å². The van der Waals surface area contributed by atoms with Crippen LogP contribution in [0.25, 0.3) is 0 Å². The monoisotopic (exact) mass is 199 g/mol. The minimum absolute atomic E-state index is 0.0359. The topological polar surface area (TPSA) is 46.6 Å². The molecule has 0 aromatic carbocycles. The number of carbonyl (C=O) groups is 2. The SMILES string of the molecule is CCCCOC(=O)N1CC(C(C)=O)C1. The van der Waals surface area contributed by atoms with Gasteiger partial charge in [-0.3, -0.25) is 4.79 Å². The molecule has 0 aliphatic carbocycles. The van der Waals surface area contributed by atoms with Crippen molar-refractivity contribution in [3.63, 3.8) is 0 Å². The van der Waals surface area contributed by atoms with E-state index in [0.29, 0.717) is 19.7 Å². The van der Waals surface area contributed by atoms with Crippen molar-refractivity contribution >= 4 is 11.9 Å². The van der Waals surface area contributed by atoms with E-state index < -0.39 is 0 Å². The first-order chi connectivity index (χ1) is 6.65. The Morgan fingerprint density at radius 2 is 2.07 bits per heavy atom. The van der Waals surface area contributed by atoms with E-state index in [1.54, 1.807) is 11.8 Å². The van der Waals surface area contributed by atoms with Crippen molar-refractivity contribution in [2.45, 2.75) is 26.7 Å². The average molecular weight is 199 g/mol. The van der Waals surface area contributed by atoms with E-state index in [4.69, 9.17) is 4.74 Å². The van der Waals surface area contributed by atoms with Crippen LogP contribution in [-0.2, 0) is 9.53 Å². The number of nitrogens with zero attached hydrogens (tertiary/aromatic N) is 1. The van der Waals surface area contributed by atoms with Gasteiger partial charge in [-0.05, 0) is 13.3 Å². The number of hydrogen-bond donors (Lipinski definition) is 0. The zero-order valence-electron chi connectivity index (χ0n) is 8.78. The number of amides is 1. The molecular weight excluding hydrogens is 182 g/mol. The van der Waals surface area contributed by atoms with Crippen LogP contribution in [0.1, 0.15) is 26.7 Å². The standard InChI is InChI=1S/C10H17NO3/c1-3-4-5-14-10(13)11-6-9(7-11)8(2)12/h9H,3-7H2,1-2H3. The Balaban J connectivity index is 2.13. The van der Waals surface area contributed by atoms with E-state index in [9.17, 15) is 9.59 Å². The summed E-state index contributed by atoms with van der Waals surface area (Å²) in [6.45, 7) is 5.14. The van der Waals surface area contributed by atoms with Gasteiger partial charge in [0.15, 0.2) is 0 Å². The lowest BCUT2D eigenvalue weighted by molar-refractivity contribution is -0.124. The van der Waals surface area contributed by atoms with Gasteiger partial charge in [-0.2, -0.15) is 0 Å². The van der Waals surface area contributed by atoms with Crippen molar-refractivity contribution in [1.82, 2.24) is 4.90 Å². The fraction of sp³-hybridized carbons (Fsp3) is 0.800. The number of ketones is 1. The fourth-order valence-corrected chi connectivity index (χ4v) is 1.28. The van der Waals surface area contributed by atoms with Crippen molar-refractivity contribution in [1.29, 1.82) is 0 Å². The number of Topliss-reactive ketones (excluding diaryl/α,β-unsaturated/α-hetero) is 1. The molecule has 0 spiro atoms. The van der Waals surface area contributed by atoms with Gasteiger partial charge in [0, 0.05) is 13.1 Å². The Morgan fingerprint density at radius 1 is 1.43 bits per heavy atom. The van der Waals surface area contributed by atoms with E-state index in [1.165, 1.54) is 0 Å². The number of unbranched alkanes of at least 4 members (excludes halogenated alkanes) is 1. The Kier molecular flexibility index (Phi) is 3.92. The van der Waals surface area contributed by atoms with Crippen LogP contribution in [-0.4, -0.2) is 36.5 Å². The summed E-state index contributed by atoms with van der Waals surface area (Å²) in [6.07, 6.45) is 1.63. The highest BCUT2D eigenvalue weighted by Crippen LogP contribution is 2.17. The molecule has 0 atom stereocenters. The number of likely N-dealkylation sites (tertiary alicyclic amines) is 1. The Bertz CT molecular complexity index is 221. The van der Waals surface area contributed by atoms with Crippen molar-refractivity contribution < 1.29 is 14.3 Å². The second kappa shape index (κ2) is 4.98. The number of rotatable bonds is 4. The normalized spacial score (nSPS) is 16.3. The Labute approximate surface area is 84.2 Å². The maximum Gasteiger partial charge on any atom is 0.409 e. The van der Waals surface area contributed by atoms with Crippen LogP contribution < -0.4 is 0 Å². The first-order valence-electron chi connectivity index (χ1n) is 5.07. The van der Waals surface area contributed by atoms with Gasteiger partial charge in [0.05, 0.1) is 12.5 Å². The lowest BCUT2D eigenvalue weighted by Gasteiger charge is -2.36. The van der Waals surface area contributed by atoms with E-state index >= 15 is 0 Å². The molecule has 14 heavy (non-hydrogen) atoms. The smallest absolute Gasteiger partial charge is 0.409 e. The van der Waals surface area contributed by atoms with Gasteiger partial charge >= 0.3 is 6.09 Å². The first kappa shape index (κ1) is 11.0. The molecule has 1 rings (SSSR count). The van der Waals surface area contributed by atoms with Crippen LogP contribution in [0.5, 0.6) is 0 Å². The Morgan fingerprint density at radius 3 is 2.57 bits per heavy atom. The third-order valence-electron chi connectivity index (χ3n) is 2.44. The van der Waals surface area contributed by atoms with Crippen molar-refractivity contribution in [2.75, 3.05) is 19.7 Å². The molecule has 1 aliphatic heterocycles. The lowest BCUT2D eigenvalue weighted by atomic mass is 9.97. The largest absolute Gasteiger partial charge is 0.449 e. The number of ether oxygens (including phenoxy) is 1. The van der Waals surface area contributed by atoms with Crippen molar-refractivity contribution in [3.05, 3.63) is 0 Å². The highest BCUT2D eigenvalue weighted by atomic mass is 16.6. The molecular formula is C10H17NO3. The first-order valence-corrected chi connectivity index (χ1v) is 5.07. The molecule has 1 saturated heterocycles.